The molecule has 0 aromatic carbocycles. The van der Waals surface area contributed by atoms with Gasteiger partial charge in [0.2, 0.25) is 0 Å². The number of rotatable bonds is 2. The van der Waals surface area contributed by atoms with E-state index in [1.165, 1.54) is 17.7 Å². The molecule has 1 aliphatic carbocycles. The summed E-state index contributed by atoms with van der Waals surface area (Å²) in [6, 6.07) is 0.216. The molecule has 0 saturated heterocycles. The van der Waals surface area contributed by atoms with Crippen LogP contribution in [-0.2, 0) is 0 Å². The van der Waals surface area contributed by atoms with Crippen molar-refractivity contribution in [2.75, 3.05) is 0 Å². The van der Waals surface area contributed by atoms with Crippen LogP contribution in [0.4, 0.5) is 0 Å². The summed E-state index contributed by atoms with van der Waals surface area (Å²) in [5.74, 6) is 0.723. The Kier molecular flexibility index (Phi) is 1.69. The van der Waals surface area contributed by atoms with E-state index in [1.807, 2.05) is 6.20 Å². The van der Waals surface area contributed by atoms with Gasteiger partial charge in [-0.3, -0.25) is 0 Å². The lowest BCUT2D eigenvalue weighted by molar-refractivity contribution is 0.629. The Bertz CT molecular complexity index is 252. The van der Waals surface area contributed by atoms with Crippen LogP contribution in [-0.4, -0.2) is 4.98 Å². The van der Waals surface area contributed by atoms with Gasteiger partial charge < -0.3 is 5.73 Å². The average Bonchev–Trinajstić information content (AvgIpc) is 2.74. The van der Waals surface area contributed by atoms with Gasteiger partial charge in [0.1, 0.15) is 5.01 Å². The third kappa shape index (κ3) is 1.44. The van der Waals surface area contributed by atoms with Gasteiger partial charge in [-0.05, 0) is 25.7 Å². The molecule has 2 nitrogen and oxygen atoms in total. The average molecular weight is 168 g/mol. The minimum atomic E-state index is 0.216. The highest BCUT2D eigenvalue weighted by Crippen LogP contribution is 2.40. The van der Waals surface area contributed by atoms with E-state index in [0.29, 0.717) is 0 Å². The Hall–Kier alpha value is -0.410. The standard InChI is InChI=1S/C8H12N2S/c1-5-4-10-8(11-5)7(9)6-2-3-6/h4,6-7H,2-3,9H2,1H3. The van der Waals surface area contributed by atoms with Gasteiger partial charge in [0.15, 0.2) is 0 Å². The number of hydrogen-bond acceptors (Lipinski definition) is 3. The summed E-state index contributed by atoms with van der Waals surface area (Å²) in [5, 5.41) is 1.12. The van der Waals surface area contributed by atoms with Crippen LogP contribution in [0.2, 0.25) is 0 Å². The molecular formula is C8H12N2S. The van der Waals surface area contributed by atoms with Gasteiger partial charge in [-0.1, -0.05) is 0 Å². The summed E-state index contributed by atoms with van der Waals surface area (Å²) in [5.41, 5.74) is 5.96. The van der Waals surface area contributed by atoms with Crippen molar-refractivity contribution < 1.29 is 0 Å². The zero-order chi connectivity index (χ0) is 7.84. The number of nitrogens with zero attached hydrogens (tertiary/aromatic N) is 1. The maximum absolute atomic E-state index is 5.96. The van der Waals surface area contributed by atoms with Gasteiger partial charge in [-0.25, -0.2) is 4.98 Å². The third-order valence-electron chi connectivity index (χ3n) is 2.05. The SMILES string of the molecule is Cc1cnc(C(N)C2CC2)s1. The highest BCUT2D eigenvalue weighted by Gasteiger charge is 2.30. The fraction of sp³-hybridized carbons (Fsp3) is 0.625. The molecule has 0 aliphatic heterocycles. The first-order valence-corrected chi connectivity index (χ1v) is 4.77. The molecule has 1 heterocycles. The molecule has 60 valence electrons. The minimum Gasteiger partial charge on any atom is -0.322 e. The summed E-state index contributed by atoms with van der Waals surface area (Å²) >= 11 is 1.73. The van der Waals surface area contributed by atoms with Crippen LogP contribution in [0.3, 0.4) is 0 Å². The number of aryl methyl sites for hydroxylation is 1. The lowest BCUT2D eigenvalue weighted by Crippen LogP contribution is -2.11. The van der Waals surface area contributed by atoms with Gasteiger partial charge in [-0.2, -0.15) is 0 Å². The summed E-state index contributed by atoms with van der Waals surface area (Å²) in [6.45, 7) is 2.07. The zero-order valence-corrected chi connectivity index (χ0v) is 7.40. The maximum atomic E-state index is 5.96. The Balaban J connectivity index is 2.14. The molecule has 3 heteroatoms. The van der Waals surface area contributed by atoms with Crippen molar-refractivity contribution in [3.63, 3.8) is 0 Å². The molecular weight excluding hydrogens is 156 g/mol. The molecule has 1 aliphatic rings. The minimum absolute atomic E-state index is 0.216. The first-order chi connectivity index (χ1) is 5.27. The molecule has 1 aromatic rings. The zero-order valence-electron chi connectivity index (χ0n) is 6.58. The predicted octanol–water partition coefficient (Wildman–Crippen LogP) is 1.86. The van der Waals surface area contributed by atoms with Gasteiger partial charge in [0.05, 0.1) is 6.04 Å². The Morgan fingerprint density at radius 1 is 1.73 bits per heavy atom. The van der Waals surface area contributed by atoms with Crippen LogP contribution in [0.25, 0.3) is 0 Å². The molecule has 0 bridgehead atoms. The smallest absolute Gasteiger partial charge is 0.110 e. The fourth-order valence-corrected chi connectivity index (χ4v) is 2.05. The number of thiazole rings is 1. The van der Waals surface area contributed by atoms with E-state index in [-0.39, 0.29) is 6.04 Å². The van der Waals surface area contributed by atoms with Gasteiger partial charge >= 0.3 is 0 Å². The van der Waals surface area contributed by atoms with Crippen LogP contribution in [0, 0.1) is 12.8 Å². The van der Waals surface area contributed by atoms with Crippen LogP contribution >= 0.6 is 11.3 Å². The highest BCUT2D eigenvalue weighted by atomic mass is 32.1. The highest BCUT2D eigenvalue weighted by molar-refractivity contribution is 7.11. The Labute approximate surface area is 70.5 Å². The fourth-order valence-electron chi connectivity index (χ4n) is 1.18. The molecule has 11 heavy (non-hydrogen) atoms. The number of nitrogens with two attached hydrogens (primary N) is 1. The molecule has 1 atom stereocenters. The van der Waals surface area contributed by atoms with Crippen molar-refractivity contribution in [2.24, 2.45) is 11.7 Å². The van der Waals surface area contributed by atoms with E-state index < -0.39 is 0 Å². The van der Waals surface area contributed by atoms with Crippen molar-refractivity contribution in [3.8, 4) is 0 Å². The normalized spacial score (nSPS) is 20.2. The van der Waals surface area contributed by atoms with E-state index >= 15 is 0 Å². The molecule has 1 aromatic heterocycles. The molecule has 1 fully saturated rings. The molecule has 1 saturated carbocycles. The summed E-state index contributed by atoms with van der Waals surface area (Å²) < 4.78 is 0. The summed E-state index contributed by atoms with van der Waals surface area (Å²) in [4.78, 5) is 5.53. The summed E-state index contributed by atoms with van der Waals surface area (Å²) in [6.07, 6.45) is 4.49. The maximum Gasteiger partial charge on any atom is 0.110 e. The quantitative estimate of drug-likeness (QED) is 0.732. The second-order valence-corrected chi connectivity index (χ2v) is 4.44. The third-order valence-corrected chi connectivity index (χ3v) is 3.07. The monoisotopic (exact) mass is 168 g/mol. The van der Waals surface area contributed by atoms with Crippen LogP contribution < -0.4 is 5.73 Å². The van der Waals surface area contributed by atoms with E-state index in [1.54, 1.807) is 11.3 Å². The summed E-state index contributed by atoms with van der Waals surface area (Å²) in [7, 11) is 0. The van der Waals surface area contributed by atoms with Crippen LogP contribution in [0.15, 0.2) is 6.20 Å². The van der Waals surface area contributed by atoms with Gasteiger partial charge in [0.25, 0.3) is 0 Å². The lowest BCUT2D eigenvalue weighted by Gasteiger charge is -2.03. The molecule has 2 N–H and O–H groups in total. The molecule has 1 unspecified atom stereocenters. The lowest BCUT2D eigenvalue weighted by atomic mass is 10.2. The number of aromatic nitrogens is 1. The van der Waals surface area contributed by atoms with Crippen molar-refractivity contribution in [3.05, 3.63) is 16.1 Å². The van der Waals surface area contributed by atoms with E-state index in [0.717, 1.165) is 10.9 Å². The Morgan fingerprint density at radius 3 is 2.91 bits per heavy atom. The van der Waals surface area contributed by atoms with Crippen LogP contribution in [0.1, 0.15) is 28.8 Å². The Morgan fingerprint density at radius 2 is 2.45 bits per heavy atom. The van der Waals surface area contributed by atoms with Gasteiger partial charge in [0, 0.05) is 11.1 Å². The molecule has 2 rings (SSSR count). The van der Waals surface area contributed by atoms with E-state index in [9.17, 15) is 0 Å². The van der Waals surface area contributed by atoms with E-state index in [4.69, 9.17) is 5.73 Å². The van der Waals surface area contributed by atoms with Crippen LogP contribution in [0.5, 0.6) is 0 Å². The molecule has 0 spiro atoms. The van der Waals surface area contributed by atoms with Crippen molar-refractivity contribution in [2.45, 2.75) is 25.8 Å². The second-order valence-electron chi connectivity index (χ2n) is 3.17. The topological polar surface area (TPSA) is 38.9 Å². The first kappa shape index (κ1) is 7.25. The van der Waals surface area contributed by atoms with Crippen molar-refractivity contribution >= 4 is 11.3 Å². The van der Waals surface area contributed by atoms with Crippen molar-refractivity contribution in [1.82, 2.24) is 4.98 Å². The van der Waals surface area contributed by atoms with Crippen molar-refractivity contribution in [1.29, 1.82) is 0 Å². The van der Waals surface area contributed by atoms with E-state index in [2.05, 4.69) is 11.9 Å². The first-order valence-electron chi connectivity index (χ1n) is 3.95. The van der Waals surface area contributed by atoms with Gasteiger partial charge in [-0.15, -0.1) is 11.3 Å². The predicted molar refractivity (Wildman–Crippen MR) is 46.5 cm³/mol. The number of hydrogen-bond donors (Lipinski definition) is 1. The second kappa shape index (κ2) is 2.57. The molecule has 0 amide bonds. The largest absolute Gasteiger partial charge is 0.322 e. The molecule has 0 radical (unpaired) electrons.